The number of methoxy groups -OCH3 is 1. The molecule has 0 atom stereocenters. The molecule has 0 aliphatic heterocycles. The Balaban J connectivity index is 2.17. The summed E-state index contributed by atoms with van der Waals surface area (Å²) < 4.78 is 10.3. The van der Waals surface area contributed by atoms with Gasteiger partial charge in [0.1, 0.15) is 23.8 Å². The van der Waals surface area contributed by atoms with Crippen molar-refractivity contribution in [2.75, 3.05) is 25.6 Å². The van der Waals surface area contributed by atoms with E-state index in [1.165, 1.54) is 32.2 Å². The molecular formula is C19H20N4O7. The average molecular weight is 416 g/mol. The summed E-state index contributed by atoms with van der Waals surface area (Å²) in [4.78, 5) is 22.7. The topological polar surface area (TPSA) is 156 Å². The summed E-state index contributed by atoms with van der Waals surface area (Å²) in [5, 5.41) is 39.6. The highest BCUT2D eigenvalue weighted by Crippen LogP contribution is 2.32. The smallest absolute Gasteiger partial charge is 0.279 e. The highest BCUT2D eigenvalue weighted by molar-refractivity contribution is 6.03. The molecule has 0 aliphatic carbocycles. The molecule has 2 aromatic carbocycles. The largest absolute Gasteiger partial charge is 0.510 e. The molecule has 11 nitrogen and oxygen atoms in total. The van der Waals surface area contributed by atoms with Crippen LogP contribution in [0.5, 0.6) is 11.5 Å². The van der Waals surface area contributed by atoms with Crippen molar-refractivity contribution in [2.24, 2.45) is 10.2 Å². The maximum atomic E-state index is 12.5. The molecule has 158 valence electrons. The molecule has 1 amide bonds. The Morgan fingerprint density at radius 1 is 1.23 bits per heavy atom. The lowest BCUT2D eigenvalue weighted by molar-refractivity contribution is -0.384. The summed E-state index contributed by atoms with van der Waals surface area (Å²) in [6, 6.07) is 10.1. The molecule has 3 N–H and O–H groups in total. The van der Waals surface area contributed by atoms with Gasteiger partial charge in [-0.15, -0.1) is 10.2 Å². The fourth-order valence-corrected chi connectivity index (χ4v) is 2.24. The number of hydrogen-bond donors (Lipinski definition) is 3. The van der Waals surface area contributed by atoms with Crippen molar-refractivity contribution in [1.82, 2.24) is 0 Å². The molecule has 2 rings (SSSR count). The van der Waals surface area contributed by atoms with Gasteiger partial charge in [-0.2, -0.15) is 0 Å². The maximum absolute atomic E-state index is 12.5. The number of carbonyl (C=O) groups excluding carboxylic acids is 1. The number of amides is 1. The van der Waals surface area contributed by atoms with Crippen LogP contribution in [0.1, 0.15) is 6.92 Å². The predicted molar refractivity (Wildman–Crippen MR) is 107 cm³/mol. The molecular weight excluding hydrogens is 396 g/mol. The number of nitrogens with zero attached hydrogens (tertiary/aromatic N) is 3. The minimum Gasteiger partial charge on any atom is -0.510 e. The van der Waals surface area contributed by atoms with Crippen LogP contribution in [0.3, 0.4) is 0 Å². The molecule has 0 saturated carbocycles. The second-order valence-corrected chi connectivity index (χ2v) is 5.80. The lowest BCUT2D eigenvalue weighted by Gasteiger charge is -2.08. The fourth-order valence-electron chi connectivity index (χ4n) is 2.24. The molecule has 0 saturated heterocycles. The molecule has 0 aromatic heterocycles. The molecule has 0 spiro atoms. The summed E-state index contributed by atoms with van der Waals surface area (Å²) in [6.07, 6.45) is 0. The summed E-state index contributed by atoms with van der Waals surface area (Å²) in [7, 11) is 1.31. The van der Waals surface area contributed by atoms with E-state index in [2.05, 4.69) is 15.5 Å². The van der Waals surface area contributed by atoms with Gasteiger partial charge in [-0.05, 0) is 37.3 Å². The lowest BCUT2D eigenvalue weighted by atomic mass is 10.2. The number of hydrogen-bond acceptors (Lipinski definition) is 9. The number of nitro benzene ring substituents is 1. The number of ether oxygens (including phenoxy) is 2. The van der Waals surface area contributed by atoms with E-state index < -0.39 is 10.8 Å². The number of nitrogens with one attached hydrogen (secondary N) is 1. The quantitative estimate of drug-likeness (QED) is 0.186. The van der Waals surface area contributed by atoms with Gasteiger partial charge in [0.05, 0.1) is 24.7 Å². The van der Waals surface area contributed by atoms with Crippen molar-refractivity contribution >= 4 is 23.0 Å². The molecule has 11 heteroatoms. The molecule has 0 bridgehead atoms. The van der Waals surface area contributed by atoms with Crippen molar-refractivity contribution in [3.63, 3.8) is 0 Å². The molecule has 0 fully saturated rings. The number of carbonyl (C=O) groups is 1. The number of allylic oxidation sites excluding steroid dienone is 1. The van der Waals surface area contributed by atoms with E-state index in [9.17, 15) is 20.0 Å². The van der Waals surface area contributed by atoms with Gasteiger partial charge in [0.25, 0.3) is 11.6 Å². The van der Waals surface area contributed by atoms with Crippen LogP contribution in [0.4, 0.5) is 17.1 Å². The van der Waals surface area contributed by atoms with Gasteiger partial charge in [-0.25, -0.2) is 0 Å². The zero-order valence-corrected chi connectivity index (χ0v) is 16.2. The number of benzene rings is 2. The third-order valence-corrected chi connectivity index (χ3v) is 3.66. The van der Waals surface area contributed by atoms with Crippen LogP contribution in [-0.4, -0.2) is 41.4 Å². The minimum absolute atomic E-state index is 0.0850. The summed E-state index contributed by atoms with van der Waals surface area (Å²) >= 11 is 0. The van der Waals surface area contributed by atoms with Gasteiger partial charge < -0.3 is 25.0 Å². The predicted octanol–water partition coefficient (Wildman–Crippen LogP) is 3.49. The lowest BCUT2D eigenvalue weighted by Crippen LogP contribution is -2.14. The second-order valence-electron chi connectivity index (χ2n) is 5.80. The summed E-state index contributed by atoms with van der Waals surface area (Å²) in [5.41, 5.74) is 0.0123. The molecule has 2 aromatic rings. The third-order valence-electron chi connectivity index (χ3n) is 3.66. The van der Waals surface area contributed by atoms with Crippen LogP contribution < -0.4 is 14.8 Å². The molecule has 0 radical (unpaired) electrons. The van der Waals surface area contributed by atoms with E-state index in [0.29, 0.717) is 11.4 Å². The molecule has 0 heterocycles. The molecule has 0 unspecified atom stereocenters. The van der Waals surface area contributed by atoms with E-state index in [1.54, 1.807) is 24.3 Å². The number of nitro groups is 1. The van der Waals surface area contributed by atoms with Gasteiger partial charge in [0.15, 0.2) is 11.4 Å². The van der Waals surface area contributed by atoms with Crippen molar-refractivity contribution in [3.8, 4) is 11.5 Å². The zero-order chi connectivity index (χ0) is 22.1. The summed E-state index contributed by atoms with van der Waals surface area (Å²) in [6.45, 7) is 1.30. The van der Waals surface area contributed by atoms with Crippen LogP contribution in [0.15, 0.2) is 64.1 Å². The summed E-state index contributed by atoms with van der Waals surface area (Å²) in [5.74, 6) is -0.494. The first-order valence-electron chi connectivity index (χ1n) is 8.64. The van der Waals surface area contributed by atoms with E-state index in [1.807, 2.05) is 0 Å². The number of non-ortho nitro benzene ring substituents is 1. The normalized spacial score (nSPS) is 11.7. The Kier molecular flexibility index (Phi) is 7.82. The number of aliphatic hydroxyl groups excluding tert-OH is 2. The Morgan fingerprint density at radius 3 is 2.50 bits per heavy atom. The van der Waals surface area contributed by atoms with Crippen molar-refractivity contribution < 1.29 is 29.4 Å². The zero-order valence-electron chi connectivity index (χ0n) is 16.2. The van der Waals surface area contributed by atoms with Gasteiger partial charge >= 0.3 is 0 Å². The van der Waals surface area contributed by atoms with Crippen LogP contribution >= 0.6 is 0 Å². The van der Waals surface area contributed by atoms with Crippen molar-refractivity contribution in [2.45, 2.75) is 6.92 Å². The molecule has 0 aliphatic rings. The monoisotopic (exact) mass is 416 g/mol. The van der Waals surface area contributed by atoms with Crippen LogP contribution in [0.25, 0.3) is 0 Å². The fraction of sp³-hybridized carbons (Fsp3) is 0.211. The third kappa shape index (κ3) is 6.01. The van der Waals surface area contributed by atoms with E-state index in [-0.39, 0.29) is 41.8 Å². The molecule has 30 heavy (non-hydrogen) atoms. The first-order valence-corrected chi connectivity index (χ1v) is 8.64. The van der Waals surface area contributed by atoms with Crippen molar-refractivity contribution in [3.05, 3.63) is 64.0 Å². The van der Waals surface area contributed by atoms with Gasteiger partial charge in [0, 0.05) is 11.8 Å². The van der Waals surface area contributed by atoms with Crippen LogP contribution in [0.2, 0.25) is 0 Å². The van der Waals surface area contributed by atoms with Crippen molar-refractivity contribution in [1.29, 1.82) is 0 Å². The minimum atomic E-state index is -0.719. The Labute approximate surface area is 171 Å². The van der Waals surface area contributed by atoms with E-state index in [4.69, 9.17) is 14.6 Å². The number of rotatable bonds is 9. The standard InChI is InChI=1S/C19H20N4O7/c1-12(25)18(19(26)20-13-3-6-15(7-4-13)30-10-9-24)22-21-16-8-5-14(23(27)28)11-17(16)29-2/h3-8,11,24-25H,9-10H2,1-2H3,(H,20,26). The van der Waals surface area contributed by atoms with Gasteiger partial charge in [-0.1, -0.05) is 0 Å². The van der Waals surface area contributed by atoms with Crippen LogP contribution in [-0.2, 0) is 4.79 Å². The average Bonchev–Trinajstić information content (AvgIpc) is 2.73. The van der Waals surface area contributed by atoms with Gasteiger partial charge in [-0.3, -0.25) is 14.9 Å². The number of anilines is 1. The maximum Gasteiger partial charge on any atom is 0.279 e. The second kappa shape index (κ2) is 10.5. The SMILES string of the molecule is COc1cc([N+](=O)[O-])ccc1N=NC(C(=O)Nc1ccc(OCCO)cc1)=C(C)O. The Morgan fingerprint density at radius 2 is 1.93 bits per heavy atom. The first kappa shape index (κ1) is 22.3. The van der Waals surface area contributed by atoms with Gasteiger partial charge in [0.2, 0.25) is 0 Å². The number of aliphatic hydroxyl groups is 2. The Hall–Kier alpha value is -3.99. The number of azo groups is 1. The Bertz CT molecular complexity index is 967. The first-order chi connectivity index (χ1) is 14.3. The van der Waals surface area contributed by atoms with E-state index in [0.717, 1.165) is 0 Å². The van der Waals surface area contributed by atoms with E-state index >= 15 is 0 Å². The highest BCUT2D eigenvalue weighted by Gasteiger charge is 2.15. The highest BCUT2D eigenvalue weighted by atomic mass is 16.6. The van der Waals surface area contributed by atoms with Crippen LogP contribution in [0, 0.1) is 10.1 Å².